The smallest absolute Gasteiger partial charge is 0.227 e. The zero-order valence-corrected chi connectivity index (χ0v) is 14.8. The molecule has 1 aromatic heterocycles. The molecule has 1 fully saturated rings. The minimum absolute atomic E-state index is 0.0317. The van der Waals surface area contributed by atoms with Gasteiger partial charge in [-0.05, 0) is 38.8 Å². The fraction of sp³-hybridized carbons (Fsp3) is 0.556. The van der Waals surface area contributed by atoms with E-state index in [1.54, 1.807) is 6.07 Å². The molecule has 1 amide bonds. The molecule has 1 aliphatic heterocycles. The molecular formula is C18H25FN4O. The van der Waals surface area contributed by atoms with E-state index in [0.29, 0.717) is 12.1 Å². The largest absolute Gasteiger partial charge is 0.343 e. The lowest BCUT2D eigenvalue weighted by atomic mass is 9.96. The van der Waals surface area contributed by atoms with Crippen LogP contribution in [0.1, 0.15) is 26.7 Å². The summed E-state index contributed by atoms with van der Waals surface area (Å²) >= 11 is 0. The molecule has 1 unspecified atom stereocenters. The molecule has 6 heteroatoms. The van der Waals surface area contributed by atoms with E-state index in [1.165, 1.54) is 6.07 Å². The number of hydrogen-bond donors (Lipinski definition) is 0. The summed E-state index contributed by atoms with van der Waals surface area (Å²) < 4.78 is 15.9. The van der Waals surface area contributed by atoms with Gasteiger partial charge in [0.15, 0.2) is 5.82 Å². The van der Waals surface area contributed by atoms with E-state index in [4.69, 9.17) is 0 Å². The lowest BCUT2D eigenvalue weighted by Gasteiger charge is -2.35. The predicted molar refractivity (Wildman–Crippen MR) is 93.5 cm³/mol. The number of carbonyl (C=O) groups is 1. The van der Waals surface area contributed by atoms with Crippen LogP contribution in [0.3, 0.4) is 0 Å². The minimum atomic E-state index is -0.307. The topological polar surface area (TPSA) is 41.4 Å². The van der Waals surface area contributed by atoms with Crippen molar-refractivity contribution in [1.29, 1.82) is 0 Å². The Morgan fingerprint density at radius 2 is 2.17 bits per heavy atom. The molecule has 0 spiro atoms. The number of hydrogen-bond acceptors (Lipinski definition) is 3. The number of rotatable bonds is 3. The highest BCUT2D eigenvalue weighted by Gasteiger charge is 2.30. The Hall–Kier alpha value is -2.11. The molecule has 2 heterocycles. The average Bonchev–Trinajstić information content (AvgIpc) is 2.92. The summed E-state index contributed by atoms with van der Waals surface area (Å²) in [4.78, 5) is 21.1. The van der Waals surface area contributed by atoms with Gasteiger partial charge in [0.05, 0.1) is 11.4 Å². The molecule has 0 bridgehead atoms. The van der Waals surface area contributed by atoms with Crippen LogP contribution in [0, 0.1) is 11.7 Å². The zero-order chi connectivity index (χ0) is 17.4. The second kappa shape index (κ2) is 6.42. The van der Waals surface area contributed by atoms with Gasteiger partial charge < -0.3 is 14.4 Å². The highest BCUT2D eigenvalue weighted by molar-refractivity contribution is 5.81. The summed E-state index contributed by atoms with van der Waals surface area (Å²) in [7, 11) is 3.76. The van der Waals surface area contributed by atoms with Gasteiger partial charge in [-0.25, -0.2) is 9.37 Å². The number of anilines is 1. The van der Waals surface area contributed by atoms with Gasteiger partial charge in [-0.1, -0.05) is 6.07 Å². The Kier molecular flexibility index (Phi) is 4.47. The highest BCUT2D eigenvalue weighted by Crippen LogP contribution is 2.27. The van der Waals surface area contributed by atoms with Gasteiger partial charge in [-0.3, -0.25) is 4.79 Å². The number of aromatic nitrogens is 2. The zero-order valence-electron chi connectivity index (χ0n) is 14.8. The first kappa shape index (κ1) is 16.7. The highest BCUT2D eigenvalue weighted by atomic mass is 19.1. The van der Waals surface area contributed by atoms with Crippen molar-refractivity contribution in [2.75, 3.05) is 25.0 Å². The van der Waals surface area contributed by atoms with E-state index in [2.05, 4.69) is 9.88 Å². The van der Waals surface area contributed by atoms with Crippen molar-refractivity contribution in [1.82, 2.24) is 14.5 Å². The Bertz CT molecular complexity index is 755. The molecule has 2 aromatic rings. The van der Waals surface area contributed by atoms with Gasteiger partial charge >= 0.3 is 0 Å². The third-order valence-corrected chi connectivity index (χ3v) is 5.01. The van der Waals surface area contributed by atoms with Crippen molar-refractivity contribution >= 4 is 22.9 Å². The van der Waals surface area contributed by atoms with Gasteiger partial charge in [0.25, 0.3) is 0 Å². The molecule has 3 rings (SSSR count). The lowest BCUT2D eigenvalue weighted by molar-refractivity contribution is -0.136. The summed E-state index contributed by atoms with van der Waals surface area (Å²) in [5.74, 6) is 0.578. The molecule has 1 saturated heterocycles. The third kappa shape index (κ3) is 2.85. The maximum Gasteiger partial charge on any atom is 0.227 e. The number of carbonyl (C=O) groups excluding carboxylic acids is 1. The fourth-order valence-electron chi connectivity index (χ4n) is 3.35. The Labute approximate surface area is 142 Å². The number of halogens is 1. The summed E-state index contributed by atoms with van der Waals surface area (Å²) in [5, 5.41) is 0. The van der Waals surface area contributed by atoms with E-state index >= 15 is 0 Å². The van der Waals surface area contributed by atoms with Crippen molar-refractivity contribution < 1.29 is 9.18 Å². The normalized spacial score (nSPS) is 18.4. The summed E-state index contributed by atoms with van der Waals surface area (Å²) in [5.41, 5.74) is 1.17. The van der Waals surface area contributed by atoms with Crippen LogP contribution in [0.4, 0.5) is 10.3 Å². The van der Waals surface area contributed by atoms with E-state index in [9.17, 15) is 9.18 Å². The van der Waals surface area contributed by atoms with E-state index in [0.717, 1.165) is 30.9 Å². The van der Waals surface area contributed by atoms with Crippen LogP contribution < -0.4 is 4.90 Å². The van der Waals surface area contributed by atoms with Crippen LogP contribution in [0.15, 0.2) is 18.2 Å². The van der Waals surface area contributed by atoms with Crippen molar-refractivity contribution in [3.05, 3.63) is 24.0 Å². The minimum Gasteiger partial charge on any atom is -0.343 e. The van der Waals surface area contributed by atoms with Gasteiger partial charge in [0.2, 0.25) is 11.9 Å². The molecule has 0 N–H and O–H groups in total. The average molecular weight is 332 g/mol. The van der Waals surface area contributed by atoms with Gasteiger partial charge in [-0.15, -0.1) is 0 Å². The van der Waals surface area contributed by atoms with E-state index in [1.807, 2.05) is 43.5 Å². The first-order chi connectivity index (χ1) is 11.4. The molecule has 1 aromatic carbocycles. The van der Waals surface area contributed by atoms with Crippen LogP contribution >= 0.6 is 0 Å². The summed E-state index contributed by atoms with van der Waals surface area (Å²) in [6.45, 7) is 5.52. The van der Waals surface area contributed by atoms with Crippen LogP contribution in [-0.4, -0.2) is 46.5 Å². The van der Waals surface area contributed by atoms with Crippen molar-refractivity contribution in [2.24, 2.45) is 13.0 Å². The molecule has 5 nitrogen and oxygen atoms in total. The summed E-state index contributed by atoms with van der Waals surface area (Å²) in [6.07, 6.45) is 1.83. The molecule has 0 aliphatic carbocycles. The Morgan fingerprint density at radius 3 is 2.83 bits per heavy atom. The quantitative estimate of drug-likeness (QED) is 0.868. The first-order valence-corrected chi connectivity index (χ1v) is 8.52. The molecule has 24 heavy (non-hydrogen) atoms. The molecule has 0 radical (unpaired) electrons. The molecular weight excluding hydrogens is 307 g/mol. The van der Waals surface area contributed by atoms with Crippen LogP contribution in [0.25, 0.3) is 11.0 Å². The second-order valence-electron chi connectivity index (χ2n) is 6.91. The second-order valence-corrected chi connectivity index (χ2v) is 6.91. The number of piperidine rings is 1. The number of benzene rings is 1. The number of imidazole rings is 1. The van der Waals surface area contributed by atoms with Crippen molar-refractivity contribution in [3.63, 3.8) is 0 Å². The third-order valence-electron chi connectivity index (χ3n) is 5.01. The van der Waals surface area contributed by atoms with E-state index < -0.39 is 0 Å². The lowest BCUT2D eigenvalue weighted by Crippen LogP contribution is -2.46. The molecule has 1 atom stereocenters. The monoisotopic (exact) mass is 332 g/mol. The van der Waals surface area contributed by atoms with Crippen LogP contribution in [0.5, 0.6) is 0 Å². The van der Waals surface area contributed by atoms with Crippen LogP contribution in [-0.2, 0) is 11.8 Å². The number of para-hydroxylation sites is 1. The SMILES string of the molecule is CC(C)N(C)C(=O)C1CCCN(c2nc3c(F)cccc3n2C)C1. The fourth-order valence-corrected chi connectivity index (χ4v) is 3.35. The van der Waals surface area contributed by atoms with Crippen molar-refractivity contribution in [3.8, 4) is 0 Å². The Morgan fingerprint density at radius 1 is 1.42 bits per heavy atom. The summed E-state index contributed by atoms with van der Waals surface area (Å²) in [6, 6.07) is 5.19. The number of amides is 1. The Balaban J connectivity index is 1.86. The van der Waals surface area contributed by atoms with Crippen molar-refractivity contribution in [2.45, 2.75) is 32.7 Å². The number of nitrogens with zero attached hydrogens (tertiary/aromatic N) is 4. The van der Waals surface area contributed by atoms with E-state index in [-0.39, 0.29) is 23.7 Å². The number of fused-ring (bicyclic) bond motifs is 1. The van der Waals surface area contributed by atoms with Crippen LogP contribution in [0.2, 0.25) is 0 Å². The predicted octanol–water partition coefficient (Wildman–Crippen LogP) is 2.80. The standard InChI is InChI=1S/C18H25FN4O/c1-12(2)21(3)17(24)13-7-6-10-23(11-13)18-20-16-14(19)8-5-9-15(16)22(18)4/h5,8-9,12-13H,6-7,10-11H2,1-4H3. The number of aryl methyl sites for hydroxylation is 1. The first-order valence-electron chi connectivity index (χ1n) is 8.52. The maximum absolute atomic E-state index is 14.0. The molecule has 0 saturated carbocycles. The molecule has 1 aliphatic rings. The van der Waals surface area contributed by atoms with Gasteiger partial charge in [-0.2, -0.15) is 0 Å². The van der Waals surface area contributed by atoms with Gasteiger partial charge in [0, 0.05) is 33.2 Å². The molecule has 130 valence electrons. The maximum atomic E-state index is 14.0. The van der Waals surface area contributed by atoms with Gasteiger partial charge in [0.1, 0.15) is 5.52 Å².